The lowest BCUT2D eigenvalue weighted by molar-refractivity contribution is -0.133. The summed E-state index contributed by atoms with van der Waals surface area (Å²) in [4.78, 5) is 37.8. The molecule has 3 rings (SSSR count). The van der Waals surface area contributed by atoms with Crippen LogP contribution >= 0.6 is 0 Å². The average molecular weight is 360 g/mol. The summed E-state index contributed by atoms with van der Waals surface area (Å²) < 4.78 is 28.9. The van der Waals surface area contributed by atoms with Gasteiger partial charge >= 0.3 is 11.9 Å². The number of hydrogen-bond donors (Lipinski definition) is 0. The molecule has 0 atom stereocenters. The SMILES string of the molecule is CN(C)Cc1cc(C(=O)c2ccc(F)c3c2OC(=O)/C=C\C(=O)O3)no1. The van der Waals surface area contributed by atoms with Crippen molar-refractivity contribution < 1.29 is 32.8 Å². The van der Waals surface area contributed by atoms with Crippen molar-refractivity contribution in [2.24, 2.45) is 0 Å². The van der Waals surface area contributed by atoms with E-state index < -0.39 is 35.0 Å². The molecule has 2 aromatic rings. The van der Waals surface area contributed by atoms with Crippen LogP contribution in [0.3, 0.4) is 0 Å². The predicted octanol–water partition coefficient (Wildman–Crippen LogP) is 1.49. The molecule has 0 spiro atoms. The molecule has 1 aromatic carbocycles. The van der Waals surface area contributed by atoms with Crippen LogP contribution < -0.4 is 9.47 Å². The number of benzene rings is 1. The van der Waals surface area contributed by atoms with Crippen molar-refractivity contribution in [1.82, 2.24) is 10.1 Å². The van der Waals surface area contributed by atoms with Gasteiger partial charge in [-0.3, -0.25) is 4.79 Å². The van der Waals surface area contributed by atoms with E-state index in [0.29, 0.717) is 12.3 Å². The minimum absolute atomic E-state index is 0.0596. The zero-order valence-electron chi connectivity index (χ0n) is 13.8. The highest BCUT2D eigenvalue weighted by molar-refractivity contribution is 6.11. The van der Waals surface area contributed by atoms with Gasteiger partial charge in [-0.2, -0.15) is 0 Å². The molecule has 26 heavy (non-hydrogen) atoms. The van der Waals surface area contributed by atoms with Gasteiger partial charge in [0.15, 0.2) is 23.0 Å². The Hall–Kier alpha value is -3.33. The summed E-state index contributed by atoms with van der Waals surface area (Å²) in [5.41, 5.74) is -0.252. The van der Waals surface area contributed by atoms with E-state index in [1.54, 1.807) is 0 Å². The zero-order valence-corrected chi connectivity index (χ0v) is 13.8. The van der Waals surface area contributed by atoms with Crippen LogP contribution in [0.25, 0.3) is 0 Å². The lowest BCUT2D eigenvalue weighted by Gasteiger charge is -2.14. The minimum atomic E-state index is -0.971. The quantitative estimate of drug-likeness (QED) is 0.459. The van der Waals surface area contributed by atoms with E-state index in [-0.39, 0.29) is 11.3 Å². The van der Waals surface area contributed by atoms with Crippen molar-refractivity contribution in [3.63, 3.8) is 0 Å². The summed E-state index contributed by atoms with van der Waals surface area (Å²) >= 11 is 0. The first-order valence-corrected chi connectivity index (χ1v) is 7.44. The van der Waals surface area contributed by atoms with Gasteiger partial charge in [-0.1, -0.05) is 5.16 Å². The molecule has 0 saturated carbocycles. The molecule has 134 valence electrons. The fourth-order valence-corrected chi connectivity index (χ4v) is 2.26. The lowest BCUT2D eigenvalue weighted by Crippen LogP contribution is -2.17. The topological polar surface area (TPSA) is 98.9 Å². The van der Waals surface area contributed by atoms with Gasteiger partial charge in [0.25, 0.3) is 0 Å². The van der Waals surface area contributed by atoms with E-state index in [1.165, 1.54) is 6.07 Å². The lowest BCUT2D eigenvalue weighted by atomic mass is 10.1. The third-order valence-corrected chi connectivity index (χ3v) is 3.33. The molecule has 0 N–H and O–H groups in total. The number of ether oxygens (including phenoxy) is 2. The molecule has 0 radical (unpaired) electrons. The molecule has 1 aromatic heterocycles. The maximum absolute atomic E-state index is 14.0. The Morgan fingerprint density at radius 2 is 1.77 bits per heavy atom. The van der Waals surface area contributed by atoms with Gasteiger partial charge in [-0.05, 0) is 26.2 Å². The summed E-state index contributed by atoms with van der Waals surface area (Å²) in [7, 11) is 3.63. The molecular weight excluding hydrogens is 347 g/mol. The number of rotatable bonds is 4. The van der Waals surface area contributed by atoms with Gasteiger partial charge in [-0.25, -0.2) is 14.0 Å². The van der Waals surface area contributed by atoms with Crippen molar-refractivity contribution >= 4 is 17.7 Å². The first kappa shape index (κ1) is 17.5. The number of fused-ring (bicyclic) bond motifs is 1. The van der Waals surface area contributed by atoms with E-state index in [0.717, 1.165) is 24.3 Å². The number of hydrogen-bond acceptors (Lipinski definition) is 8. The minimum Gasteiger partial charge on any atom is -0.418 e. The maximum atomic E-state index is 14.0. The number of halogens is 1. The smallest absolute Gasteiger partial charge is 0.336 e. The second-order valence-corrected chi connectivity index (χ2v) is 5.67. The van der Waals surface area contributed by atoms with Crippen molar-refractivity contribution in [3.8, 4) is 11.5 Å². The normalized spacial score (nSPS) is 14.9. The number of carbonyl (C=O) groups excluding carboxylic acids is 3. The second kappa shape index (κ2) is 6.89. The van der Waals surface area contributed by atoms with Crippen LogP contribution in [0.4, 0.5) is 4.39 Å². The number of nitrogens with zero attached hydrogens (tertiary/aromatic N) is 2. The summed E-state index contributed by atoms with van der Waals surface area (Å²) in [6, 6.07) is 3.47. The van der Waals surface area contributed by atoms with Crippen molar-refractivity contribution in [2.45, 2.75) is 6.54 Å². The molecule has 0 amide bonds. The maximum Gasteiger partial charge on any atom is 0.336 e. The van der Waals surface area contributed by atoms with E-state index >= 15 is 0 Å². The van der Waals surface area contributed by atoms with Crippen molar-refractivity contribution in [1.29, 1.82) is 0 Å². The van der Waals surface area contributed by atoms with E-state index in [9.17, 15) is 18.8 Å². The highest BCUT2D eigenvalue weighted by atomic mass is 19.1. The van der Waals surface area contributed by atoms with Crippen LogP contribution in [-0.4, -0.2) is 41.9 Å². The molecule has 8 nitrogen and oxygen atoms in total. The summed E-state index contributed by atoms with van der Waals surface area (Å²) in [5.74, 6) is -4.25. The van der Waals surface area contributed by atoms with Crippen LogP contribution in [0.2, 0.25) is 0 Å². The molecule has 1 aliphatic heterocycles. The van der Waals surface area contributed by atoms with Gasteiger partial charge < -0.3 is 18.9 Å². The largest absolute Gasteiger partial charge is 0.418 e. The van der Waals surface area contributed by atoms with Crippen molar-refractivity contribution in [2.75, 3.05) is 14.1 Å². The Kier molecular flexibility index (Phi) is 4.63. The fourth-order valence-electron chi connectivity index (χ4n) is 2.26. The Balaban J connectivity index is 2.03. The molecule has 1 aliphatic rings. The number of aromatic nitrogens is 1. The Bertz CT molecular complexity index is 931. The Morgan fingerprint density at radius 3 is 2.42 bits per heavy atom. The summed E-state index contributed by atoms with van der Waals surface area (Å²) in [5, 5.41) is 3.69. The van der Waals surface area contributed by atoms with Gasteiger partial charge in [0, 0.05) is 18.2 Å². The van der Waals surface area contributed by atoms with Gasteiger partial charge in [-0.15, -0.1) is 0 Å². The Labute approximate surface area is 146 Å². The third kappa shape index (κ3) is 3.52. The predicted molar refractivity (Wildman–Crippen MR) is 84.1 cm³/mol. The number of ketones is 1. The monoisotopic (exact) mass is 360 g/mol. The van der Waals surface area contributed by atoms with Crippen LogP contribution in [-0.2, 0) is 16.1 Å². The van der Waals surface area contributed by atoms with Crippen LogP contribution in [0.5, 0.6) is 11.5 Å². The van der Waals surface area contributed by atoms with Crippen LogP contribution in [0.15, 0.2) is 34.9 Å². The molecule has 0 bridgehead atoms. The van der Waals surface area contributed by atoms with Gasteiger partial charge in [0.05, 0.1) is 12.1 Å². The molecular formula is C17H13FN2O6. The van der Waals surface area contributed by atoms with E-state index in [1.807, 2.05) is 19.0 Å². The highest BCUT2D eigenvalue weighted by Gasteiger charge is 2.28. The van der Waals surface area contributed by atoms with Crippen LogP contribution in [0.1, 0.15) is 21.8 Å². The van der Waals surface area contributed by atoms with E-state index in [2.05, 4.69) is 5.16 Å². The first-order valence-electron chi connectivity index (χ1n) is 7.44. The molecule has 0 unspecified atom stereocenters. The fraction of sp³-hybridized carbons (Fsp3) is 0.176. The molecule has 0 aliphatic carbocycles. The number of esters is 2. The number of carbonyl (C=O) groups is 3. The summed E-state index contributed by atoms with van der Waals surface area (Å²) in [6.45, 7) is 0.416. The Morgan fingerprint density at radius 1 is 1.12 bits per heavy atom. The van der Waals surface area contributed by atoms with Crippen LogP contribution in [0, 0.1) is 5.82 Å². The van der Waals surface area contributed by atoms with Crippen molar-refractivity contribution in [3.05, 3.63) is 53.2 Å². The molecule has 0 fully saturated rings. The standard InChI is InChI=1S/C17H13FN2O6/c1-20(2)8-9-7-12(19-26-9)15(23)10-3-4-11(18)17-16(10)24-13(21)5-6-14(22)25-17/h3-7H,8H2,1-2H3/b6-5-. The third-order valence-electron chi connectivity index (χ3n) is 3.33. The molecule has 2 heterocycles. The first-order chi connectivity index (χ1) is 12.3. The van der Waals surface area contributed by atoms with Gasteiger partial charge in [0.2, 0.25) is 11.5 Å². The molecule has 9 heteroatoms. The molecule has 0 saturated heterocycles. The summed E-state index contributed by atoms with van der Waals surface area (Å²) in [6.07, 6.45) is 1.61. The average Bonchev–Trinajstić information content (AvgIpc) is 3.02. The zero-order chi connectivity index (χ0) is 18.8. The van der Waals surface area contributed by atoms with E-state index in [4.69, 9.17) is 14.0 Å². The highest BCUT2D eigenvalue weighted by Crippen LogP contribution is 2.36. The van der Waals surface area contributed by atoms with Gasteiger partial charge in [0.1, 0.15) is 0 Å². The second-order valence-electron chi connectivity index (χ2n) is 5.67.